The second kappa shape index (κ2) is 5.25. The molecular formula is C13H22N4O. The molecule has 0 bridgehead atoms. The number of hydrogen-bond acceptors (Lipinski definition) is 4. The summed E-state index contributed by atoms with van der Waals surface area (Å²) in [4.78, 5) is 6.28. The molecule has 5 heteroatoms. The minimum atomic E-state index is 0.0264. The van der Waals surface area contributed by atoms with Gasteiger partial charge in [-0.3, -0.25) is 4.98 Å². The molecule has 0 amide bonds. The minimum Gasteiger partial charge on any atom is -0.409 e. The number of oxime groups is 1. The van der Waals surface area contributed by atoms with Gasteiger partial charge in [-0.2, -0.15) is 0 Å². The van der Waals surface area contributed by atoms with Crippen molar-refractivity contribution in [2.75, 3.05) is 11.9 Å². The lowest BCUT2D eigenvalue weighted by molar-refractivity contribution is 0.318. The van der Waals surface area contributed by atoms with Crippen LogP contribution in [0, 0.1) is 5.41 Å². The van der Waals surface area contributed by atoms with Crippen molar-refractivity contribution in [3.05, 3.63) is 24.0 Å². The predicted molar refractivity (Wildman–Crippen MR) is 74.1 cm³/mol. The first kappa shape index (κ1) is 14.3. The Kier molecular flexibility index (Phi) is 4.16. The number of nitrogens with two attached hydrogens (primary N) is 1. The molecule has 0 aliphatic rings. The first-order valence-electron chi connectivity index (χ1n) is 5.94. The zero-order valence-corrected chi connectivity index (χ0v) is 11.7. The lowest BCUT2D eigenvalue weighted by Crippen LogP contribution is -2.40. The van der Waals surface area contributed by atoms with E-state index in [-0.39, 0.29) is 17.3 Å². The molecule has 100 valence electrons. The van der Waals surface area contributed by atoms with E-state index in [0.29, 0.717) is 5.69 Å². The summed E-state index contributed by atoms with van der Waals surface area (Å²) in [5, 5.41) is 11.8. The van der Waals surface area contributed by atoms with Crippen molar-refractivity contribution in [3.63, 3.8) is 0 Å². The normalized spacial score (nSPS) is 14.4. The SMILES string of the molecule is CC(N(C)c1cccnc1/C(N)=N/O)C(C)(C)C. The van der Waals surface area contributed by atoms with Gasteiger partial charge in [0.05, 0.1) is 5.69 Å². The second-order valence-electron chi connectivity index (χ2n) is 5.51. The second-order valence-corrected chi connectivity index (χ2v) is 5.51. The van der Waals surface area contributed by atoms with Gasteiger partial charge in [0.2, 0.25) is 0 Å². The molecule has 0 saturated heterocycles. The summed E-state index contributed by atoms with van der Waals surface area (Å²) in [5.41, 5.74) is 7.13. The van der Waals surface area contributed by atoms with E-state index < -0.39 is 0 Å². The summed E-state index contributed by atoms with van der Waals surface area (Å²) in [6, 6.07) is 4.05. The standard InChI is InChI=1S/C13H22N4O/c1-9(13(2,3)4)17(5)10-7-6-8-15-11(10)12(14)16-18/h6-9,18H,1-5H3,(H2,14,16). The Morgan fingerprint density at radius 1 is 1.50 bits per heavy atom. The van der Waals surface area contributed by atoms with E-state index in [2.05, 4.69) is 42.7 Å². The lowest BCUT2D eigenvalue weighted by Gasteiger charge is -2.37. The topological polar surface area (TPSA) is 74.7 Å². The van der Waals surface area contributed by atoms with Gasteiger partial charge < -0.3 is 15.8 Å². The van der Waals surface area contributed by atoms with Gasteiger partial charge in [0.15, 0.2) is 5.84 Å². The molecule has 1 aromatic heterocycles. The molecule has 1 rings (SSSR count). The molecule has 1 heterocycles. The van der Waals surface area contributed by atoms with Crippen LogP contribution in [0.2, 0.25) is 0 Å². The Bertz CT molecular complexity index is 437. The minimum absolute atomic E-state index is 0.0264. The van der Waals surface area contributed by atoms with Crippen molar-refractivity contribution in [3.8, 4) is 0 Å². The number of aromatic nitrogens is 1. The van der Waals surface area contributed by atoms with Gasteiger partial charge in [-0.15, -0.1) is 0 Å². The van der Waals surface area contributed by atoms with Crippen LogP contribution in [0.1, 0.15) is 33.4 Å². The van der Waals surface area contributed by atoms with E-state index in [0.717, 1.165) is 5.69 Å². The average Bonchev–Trinajstić information content (AvgIpc) is 2.35. The van der Waals surface area contributed by atoms with Crippen LogP contribution in [-0.2, 0) is 0 Å². The summed E-state index contributed by atoms with van der Waals surface area (Å²) in [5.74, 6) is 0.0264. The van der Waals surface area contributed by atoms with Crippen LogP contribution >= 0.6 is 0 Å². The van der Waals surface area contributed by atoms with Crippen molar-refractivity contribution >= 4 is 11.5 Å². The number of pyridine rings is 1. The van der Waals surface area contributed by atoms with E-state index in [1.807, 2.05) is 19.2 Å². The third kappa shape index (κ3) is 2.91. The first-order valence-corrected chi connectivity index (χ1v) is 5.94. The number of hydrogen-bond donors (Lipinski definition) is 2. The molecule has 1 aromatic rings. The fourth-order valence-electron chi connectivity index (χ4n) is 1.72. The maximum atomic E-state index is 8.80. The highest BCUT2D eigenvalue weighted by molar-refractivity contribution is 6.00. The van der Waals surface area contributed by atoms with Gasteiger partial charge in [0.1, 0.15) is 5.69 Å². The molecule has 3 N–H and O–H groups in total. The van der Waals surface area contributed by atoms with Crippen molar-refractivity contribution < 1.29 is 5.21 Å². The van der Waals surface area contributed by atoms with E-state index >= 15 is 0 Å². The maximum absolute atomic E-state index is 8.80. The highest BCUT2D eigenvalue weighted by Crippen LogP contribution is 2.28. The zero-order chi connectivity index (χ0) is 13.9. The van der Waals surface area contributed by atoms with Gasteiger partial charge in [-0.05, 0) is 24.5 Å². The monoisotopic (exact) mass is 250 g/mol. The van der Waals surface area contributed by atoms with Gasteiger partial charge in [-0.1, -0.05) is 25.9 Å². The summed E-state index contributed by atoms with van der Waals surface area (Å²) >= 11 is 0. The first-order chi connectivity index (χ1) is 8.29. The molecule has 0 fully saturated rings. The lowest BCUT2D eigenvalue weighted by atomic mass is 9.87. The number of anilines is 1. The summed E-state index contributed by atoms with van der Waals surface area (Å²) < 4.78 is 0. The number of rotatable bonds is 3. The van der Waals surface area contributed by atoms with Gasteiger partial charge in [0, 0.05) is 19.3 Å². The fraction of sp³-hybridized carbons (Fsp3) is 0.538. The highest BCUT2D eigenvalue weighted by atomic mass is 16.4. The number of nitrogens with zero attached hydrogens (tertiary/aromatic N) is 3. The van der Waals surface area contributed by atoms with Gasteiger partial charge in [-0.25, -0.2) is 0 Å². The zero-order valence-electron chi connectivity index (χ0n) is 11.7. The van der Waals surface area contributed by atoms with Crippen LogP contribution in [0.4, 0.5) is 5.69 Å². The Labute approximate surface area is 108 Å². The van der Waals surface area contributed by atoms with Crippen LogP contribution in [0.5, 0.6) is 0 Å². The third-order valence-electron chi connectivity index (χ3n) is 3.35. The molecule has 0 aromatic carbocycles. The Morgan fingerprint density at radius 2 is 2.11 bits per heavy atom. The van der Waals surface area contributed by atoms with Crippen molar-refractivity contribution in [2.45, 2.75) is 33.7 Å². The molecule has 0 spiro atoms. The molecule has 0 saturated carbocycles. The Balaban J connectivity index is 3.18. The van der Waals surface area contributed by atoms with Crippen LogP contribution in [0.3, 0.4) is 0 Å². The smallest absolute Gasteiger partial charge is 0.190 e. The quantitative estimate of drug-likeness (QED) is 0.372. The average molecular weight is 250 g/mol. The van der Waals surface area contributed by atoms with Gasteiger partial charge >= 0.3 is 0 Å². The molecule has 0 aliphatic heterocycles. The Morgan fingerprint density at radius 3 is 2.61 bits per heavy atom. The van der Waals surface area contributed by atoms with Crippen LogP contribution in [-0.4, -0.2) is 29.1 Å². The molecule has 1 atom stereocenters. The largest absolute Gasteiger partial charge is 0.409 e. The third-order valence-corrected chi connectivity index (χ3v) is 3.35. The number of amidine groups is 1. The van der Waals surface area contributed by atoms with Gasteiger partial charge in [0.25, 0.3) is 0 Å². The molecule has 0 radical (unpaired) electrons. The van der Waals surface area contributed by atoms with E-state index in [1.165, 1.54) is 0 Å². The summed E-state index contributed by atoms with van der Waals surface area (Å²) in [6.45, 7) is 8.66. The van der Waals surface area contributed by atoms with Crippen molar-refractivity contribution in [1.29, 1.82) is 0 Å². The summed E-state index contributed by atoms with van der Waals surface area (Å²) in [6.07, 6.45) is 1.63. The van der Waals surface area contributed by atoms with Crippen LogP contribution < -0.4 is 10.6 Å². The van der Waals surface area contributed by atoms with Crippen LogP contribution in [0.15, 0.2) is 23.5 Å². The summed E-state index contributed by atoms with van der Waals surface area (Å²) in [7, 11) is 1.99. The molecule has 5 nitrogen and oxygen atoms in total. The molecule has 0 aliphatic carbocycles. The molecular weight excluding hydrogens is 228 g/mol. The van der Waals surface area contributed by atoms with Crippen LogP contribution in [0.25, 0.3) is 0 Å². The highest BCUT2D eigenvalue weighted by Gasteiger charge is 2.26. The maximum Gasteiger partial charge on any atom is 0.190 e. The van der Waals surface area contributed by atoms with Crippen molar-refractivity contribution in [2.24, 2.45) is 16.3 Å². The van der Waals surface area contributed by atoms with E-state index in [1.54, 1.807) is 6.20 Å². The molecule has 18 heavy (non-hydrogen) atoms. The van der Waals surface area contributed by atoms with E-state index in [4.69, 9.17) is 10.9 Å². The molecule has 1 unspecified atom stereocenters. The van der Waals surface area contributed by atoms with Crippen molar-refractivity contribution in [1.82, 2.24) is 4.98 Å². The Hall–Kier alpha value is -1.78. The fourth-order valence-corrected chi connectivity index (χ4v) is 1.72. The predicted octanol–water partition coefficient (Wildman–Crippen LogP) is 2.05. The van der Waals surface area contributed by atoms with E-state index in [9.17, 15) is 0 Å².